The predicted octanol–water partition coefficient (Wildman–Crippen LogP) is 1.48. The minimum Gasteiger partial charge on any atom is -0.378 e. The molecule has 0 aromatic carbocycles. The molecule has 1 aliphatic carbocycles. The van der Waals surface area contributed by atoms with E-state index in [-0.39, 0.29) is 0 Å². The van der Waals surface area contributed by atoms with Gasteiger partial charge in [0.1, 0.15) is 0 Å². The van der Waals surface area contributed by atoms with Crippen LogP contribution in [0.2, 0.25) is 0 Å². The lowest BCUT2D eigenvalue weighted by molar-refractivity contribution is -0.158. The highest BCUT2D eigenvalue weighted by Gasteiger charge is 2.52. The van der Waals surface area contributed by atoms with E-state index in [1.807, 2.05) is 0 Å². The number of rotatable bonds is 3. The van der Waals surface area contributed by atoms with Gasteiger partial charge in [0, 0.05) is 43.7 Å². The van der Waals surface area contributed by atoms with E-state index in [0.29, 0.717) is 23.6 Å². The predicted molar refractivity (Wildman–Crippen MR) is 66.6 cm³/mol. The van der Waals surface area contributed by atoms with Gasteiger partial charge in [0.25, 0.3) is 0 Å². The first kappa shape index (κ1) is 12.3. The smallest absolute Gasteiger partial charge is 0.0655 e. The van der Waals surface area contributed by atoms with Gasteiger partial charge in [-0.2, -0.15) is 0 Å². The first-order valence-electron chi connectivity index (χ1n) is 6.65. The molecule has 0 aromatic heterocycles. The largest absolute Gasteiger partial charge is 0.378 e. The summed E-state index contributed by atoms with van der Waals surface area (Å²) in [4.78, 5) is 2.67. The highest BCUT2D eigenvalue weighted by atomic mass is 16.5. The summed E-state index contributed by atoms with van der Waals surface area (Å²) >= 11 is 0. The lowest BCUT2D eigenvalue weighted by atomic mass is 9.63. The molecule has 1 saturated carbocycles. The summed E-state index contributed by atoms with van der Waals surface area (Å²) in [6, 6.07) is 1.38. The zero-order valence-electron chi connectivity index (χ0n) is 11.1. The number of piperazine rings is 1. The zero-order chi connectivity index (χ0) is 11.8. The average molecular weight is 226 g/mol. The standard InChI is InChI=1S/C13H26N2O/c1-5-16-12-8-11(13(12,3)4)15-7-6-14-9-10(15)2/h10-12,14H,5-9H2,1-4H3. The molecule has 1 heterocycles. The lowest BCUT2D eigenvalue weighted by Crippen LogP contribution is -2.67. The third-order valence-electron chi connectivity index (χ3n) is 4.45. The fourth-order valence-corrected chi connectivity index (χ4v) is 3.23. The van der Waals surface area contributed by atoms with Gasteiger partial charge in [0.2, 0.25) is 0 Å². The summed E-state index contributed by atoms with van der Waals surface area (Å²) in [6.45, 7) is 13.4. The Balaban J connectivity index is 1.96. The minimum atomic E-state index is 0.321. The maximum Gasteiger partial charge on any atom is 0.0655 e. The molecule has 3 heteroatoms. The maximum absolute atomic E-state index is 5.81. The van der Waals surface area contributed by atoms with E-state index in [0.717, 1.165) is 19.7 Å². The zero-order valence-corrected chi connectivity index (χ0v) is 11.1. The van der Waals surface area contributed by atoms with Crippen molar-refractivity contribution >= 4 is 0 Å². The molecule has 2 fully saturated rings. The summed E-state index contributed by atoms with van der Waals surface area (Å²) in [5.74, 6) is 0. The molecule has 3 unspecified atom stereocenters. The van der Waals surface area contributed by atoms with Gasteiger partial charge in [-0.25, -0.2) is 0 Å². The van der Waals surface area contributed by atoms with Crippen LogP contribution in [-0.4, -0.2) is 49.3 Å². The maximum atomic E-state index is 5.81. The van der Waals surface area contributed by atoms with Gasteiger partial charge in [-0.05, 0) is 20.3 Å². The van der Waals surface area contributed by atoms with Gasteiger partial charge < -0.3 is 10.1 Å². The summed E-state index contributed by atoms with van der Waals surface area (Å²) in [5.41, 5.74) is 0.321. The second-order valence-corrected chi connectivity index (χ2v) is 5.81. The van der Waals surface area contributed by atoms with Gasteiger partial charge in [0.05, 0.1) is 6.10 Å². The molecule has 0 radical (unpaired) electrons. The van der Waals surface area contributed by atoms with E-state index in [1.54, 1.807) is 0 Å². The van der Waals surface area contributed by atoms with Crippen LogP contribution in [0, 0.1) is 5.41 Å². The molecule has 3 nitrogen and oxygen atoms in total. The van der Waals surface area contributed by atoms with Crippen LogP contribution in [-0.2, 0) is 4.74 Å². The van der Waals surface area contributed by atoms with Gasteiger partial charge in [0.15, 0.2) is 0 Å². The Morgan fingerprint density at radius 2 is 2.19 bits per heavy atom. The summed E-state index contributed by atoms with van der Waals surface area (Å²) in [7, 11) is 0. The summed E-state index contributed by atoms with van der Waals surface area (Å²) < 4.78 is 5.81. The fraction of sp³-hybridized carbons (Fsp3) is 1.00. The highest BCUT2D eigenvalue weighted by Crippen LogP contribution is 2.46. The Hall–Kier alpha value is -0.120. The van der Waals surface area contributed by atoms with Crippen molar-refractivity contribution in [2.45, 2.75) is 52.3 Å². The van der Waals surface area contributed by atoms with Crippen LogP contribution < -0.4 is 5.32 Å². The Labute approximate surface area is 99.5 Å². The molecule has 0 spiro atoms. The lowest BCUT2D eigenvalue weighted by Gasteiger charge is -2.58. The van der Waals surface area contributed by atoms with Crippen molar-refractivity contribution in [2.75, 3.05) is 26.2 Å². The number of nitrogens with zero attached hydrogens (tertiary/aromatic N) is 1. The van der Waals surface area contributed by atoms with Gasteiger partial charge in [-0.1, -0.05) is 13.8 Å². The van der Waals surface area contributed by atoms with E-state index in [1.165, 1.54) is 13.0 Å². The van der Waals surface area contributed by atoms with Gasteiger partial charge in [-0.3, -0.25) is 4.90 Å². The molecule has 1 N–H and O–H groups in total. The first-order chi connectivity index (χ1) is 7.57. The molecule has 0 bridgehead atoms. The normalized spacial score (nSPS) is 39.4. The molecule has 16 heavy (non-hydrogen) atoms. The second-order valence-electron chi connectivity index (χ2n) is 5.81. The monoisotopic (exact) mass is 226 g/mol. The Kier molecular flexibility index (Phi) is 3.57. The molecular weight excluding hydrogens is 200 g/mol. The molecule has 1 aliphatic heterocycles. The van der Waals surface area contributed by atoms with Crippen molar-refractivity contribution in [3.05, 3.63) is 0 Å². The average Bonchev–Trinajstić information content (AvgIpc) is 2.25. The van der Waals surface area contributed by atoms with Crippen molar-refractivity contribution in [1.82, 2.24) is 10.2 Å². The van der Waals surface area contributed by atoms with Crippen molar-refractivity contribution in [2.24, 2.45) is 5.41 Å². The van der Waals surface area contributed by atoms with E-state index < -0.39 is 0 Å². The van der Waals surface area contributed by atoms with Crippen LogP contribution in [0.25, 0.3) is 0 Å². The van der Waals surface area contributed by atoms with Crippen molar-refractivity contribution in [3.63, 3.8) is 0 Å². The first-order valence-corrected chi connectivity index (χ1v) is 6.65. The Morgan fingerprint density at radius 1 is 1.44 bits per heavy atom. The van der Waals surface area contributed by atoms with Crippen LogP contribution >= 0.6 is 0 Å². The van der Waals surface area contributed by atoms with E-state index in [9.17, 15) is 0 Å². The van der Waals surface area contributed by atoms with E-state index in [4.69, 9.17) is 4.74 Å². The Morgan fingerprint density at radius 3 is 2.75 bits per heavy atom. The second kappa shape index (κ2) is 4.63. The van der Waals surface area contributed by atoms with Crippen molar-refractivity contribution in [3.8, 4) is 0 Å². The van der Waals surface area contributed by atoms with Crippen LogP contribution in [0.1, 0.15) is 34.1 Å². The molecule has 2 rings (SSSR count). The topological polar surface area (TPSA) is 24.5 Å². The van der Waals surface area contributed by atoms with E-state index >= 15 is 0 Å². The summed E-state index contributed by atoms with van der Waals surface area (Å²) in [5, 5.41) is 3.46. The minimum absolute atomic E-state index is 0.321. The van der Waals surface area contributed by atoms with Crippen molar-refractivity contribution in [1.29, 1.82) is 0 Å². The molecule has 0 amide bonds. The van der Waals surface area contributed by atoms with Gasteiger partial charge >= 0.3 is 0 Å². The van der Waals surface area contributed by atoms with Gasteiger partial charge in [-0.15, -0.1) is 0 Å². The quantitative estimate of drug-likeness (QED) is 0.789. The number of ether oxygens (including phenoxy) is 1. The van der Waals surface area contributed by atoms with Crippen LogP contribution in [0.4, 0.5) is 0 Å². The van der Waals surface area contributed by atoms with Crippen molar-refractivity contribution < 1.29 is 4.74 Å². The highest BCUT2D eigenvalue weighted by molar-refractivity contribution is 5.05. The molecule has 2 aliphatic rings. The van der Waals surface area contributed by atoms with Crippen LogP contribution in [0.15, 0.2) is 0 Å². The molecule has 0 aromatic rings. The third kappa shape index (κ3) is 2.01. The third-order valence-corrected chi connectivity index (χ3v) is 4.45. The van der Waals surface area contributed by atoms with Crippen LogP contribution in [0.3, 0.4) is 0 Å². The number of hydrogen-bond donors (Lipinski definition) is 1. The summed E-state index contributed by atoms with van der Waals surface area (Å²) in [6.07, 6.45) is 1.68. The molecular formula is C13H26N2O. The number of hydrogen-bond acceptors (Lipinski definition) is 3. The molecule has 3 atom stereocenters. The van der Waals surface area contributed by atoms with Crippen LogP contribution in [0.5, 0.6) is 0 Å². The fourth-order valence-electron chi connectivity index (χ4n) is 3.23. The molecule has 94 valence electrons. The molecule has 1 saturated heterocycles. The SMILES string of the molecule is CCOC1CC(N2CCNCC2C)C1(C)C. The Bertz CT molecular complexity index is 242. The van der Waals surface area contributed by atoms with E-state index in [2.05, 4.69) is 37.9 Å². The number of nitrogens with one attached hydrogen (secondary N) is 1.